The van der Waals surface area contributed by atoms with Crippen LogP contribution >= 0.6 is 0 Å². The van der Waals surface area contributed by atoms with Crippen molar-refractivity contribution in [2.75, 3.05) is 20.2 Å². The van der Waals surface area contributed by atoms with Gasteiger partial charge in [0.2, 0.25) is 0 Å². The molecule has 1 aliphatic carbocycles. The summed E-state index contributed by atoms with van der Waals surface area (Å²) in [5, 5.41) is 4.17. The van der Waals surface area contributed by atoms with Crippen molar-refractivity contribution in [3.8, 4) is 17.1 Å². The van der Waals surface area contributed by atoms with E-state index in [0.29, 0.717) is 17.5 Å². The van der Waals surface area contributed by atoms with Gasteiger partial charge in [-0.25, -0.2) is 0 Å². The van der Waals surface area contributed by atoms with Gasteiger partial charge < -0.3 is 14.2 Å². The molecule has 5 nitrogen and oxygen atoms in total. The number of carbonyl (C=O) groups is 1. The van der Waals surface area contributed by atoms with Crippen LogP contribution in [0.25, 0.3) is 11.3 Å². The van der Waals surface area contributed by atoms with Gasteiger partial charge in [-0.2, -0.15) is 0 Å². The first kappa shape index (κ1) is 16.2. The fourth-order valence-electron chi connectivity index (χ4n) is 4.27. The molecule has 132 valence electrons. The van der Waals surface area contributed by atoms with E-state index >= 15 is 0 Å². The van der Waals surface area contributed by atoms with Gasteiger partial charge in [0.05, 0.1) is 7.11 Å². The van der Waals surface area contributed by atoms with Crippen molar-refractivity contribution in [2.24, 2.45) is 11.8 Å². The molecule has 25 heavy (non-hydrogen) atoms. The maximum absolute atomic E-state index is 13.0. The smallest absolute Gasteiger partial charge is 0.276 e. The average Bonchev–Trinajstić information content (AvgIpc) is 3.04. The number of ether oxygens (including phenoxy) is 1. The number of nitrogens with zero attached hydrogens (tertiary/aromatic N) is 2. The largest absolute Gasteiger partial charge is 0.497 e. The van der Waals surface area contributed by atoms with Crippen molar-refractivity contribution in [3.05, 3.63) is 35.0 Å². The lowest BCUT2D eigenvalue weighted by atomic mass is 9.88. The van der Waals surface area contributed by atoms with Crippen LogP contribution in [0.15, 0.2) is 22.7 Å². The van der Waals surface area contributed by atoms with Gasteiger partial charge in [-0.3, -0.25) is 4.79 Å². The fourth-order valence-corrected chi connectivity index (χ4v) is 4.27. The summed E-state index contributed by atoms with van der Waals surface area (Å²) in [5.74, 6) is 2.58. The third-order valence-electron chi connectivity index (χ3n) is 5.35. The predicted molar refractivity (Wildman–Crippen MR) is 94.7 cm³/mol. The fraction of sp³-hybridized carbons (Fsp3) is 0.500. The summed E-state index contributed by atoms with van der Waals surface area (Å²) in [7, 11) is 1.65. The molecule has 0 spiro atoms. The van der Waals surface area contributed by atoms with Crippen LogP contribution in [0.2, 0.25) is 0 Å². The minimum absolute atomic E-state index is 0.00902. The van der Waals surface area contributed by atoms with E-state index < -0.39 is 0 Å². The second-order valence-electron chi connectivity index (χ2n) is 7.52. The molecule has 1 aromatic carbocycles. The van der Waals surface area contributed by atoms with E-state index in [0.717, 1.165) is 48.6 Å². The summed E-state index contributed by atoms with van der Waals surface area (Å²) >= 11 is 0. The van der Waals surface area contributed by atoms with Crippen LogP contribution in [0.1, 0.15) is 41.9 Å². The Kier molecular flexibility index (Phi) is 4.02. The quantitative estimate of drug-likeness (QED) is 0.839. The Morgan fingerprint density at radius 1 is 1.24 bits per heavy atom. The van der Waals surface area contributed by atoms with Crippen LogP contribution in [0.3, 0.4) is 0 Å². The van der Waals surface area contributed by atoms with Crippen molar-refractivity contribution in [3.63, 3.8) is 0 Å². The number of aromatic nitrogens is 1. The molecule has 4 rings (SSSR count). The highest BCUT2D eigenvalue weighted by molar-refractivity contribution is 5.95. The lowest BCUT2D eigenvalue weighted by molar-refractivity contribution is 0.0612. The molecule has 2 heterocycles. The minimum atomic E-state index is 0.00902. The van der Waals surface area contributed by atoms with Crippen LogP contribution < -0.4 is 4.74 Å². The number of fused-ring (bicyclic) bond motifs is 3. The van der Waals surface area contributed by atoms with Crippen molar-refractivity contribution < 1.29 is 14.1 Å². The highest BCUT2D eigenvalue weighted by atomic mass is 16.5. The van der Waals surface area contributed by atoms with Crippen molar-refractivity contribution in [2.45, 2.75) is 33.1 Å². The Morgan fingerprint density at radius 2 is 2.00 bits per heavy atom. The minimum Gasteiger partial charge on any atom is -0.497 e. The number of rotatable bonds is 2. The van der Waals surface area contributed by atoms with E-state index in [1.165, 1.54) is 12.0 Å². The second-order valence-corrected chi connectivity index (χ2v) is 7.52. The zero-order valence-electron chi connectivity index (χ0n) is 15.0. The number of hydrogen-bond acceptors (Lipinski definition) is 4. The molecule has 1 fully saturated rings. The normalized spacial score (nSPS) is 22.3. The second kappa shape index (κ2) is 6.21. The molecular weight excluding hydrogens is 316 g/mol. The topological polar surface area (TPSA) is 55.6 Å². The highest BCUT2D eigenvalue weighted by Crippen LogP contribution is 2.38. The molecule has 2 aliphatic rings. The Hall–Kier alpha value is -2.30. The van der Waals surface area contributed by atoms with Crippen molar-refractivity contribution >= 4 is 5.91 Å². The number of carbonyl (C=O) groups excluding carboxylic acids is 1. The number of piperidine rings is 1. The molecule has 5 heteroatoms. The SMILES string of the molecule is COc1ccc2c(c1)-c1onc(C(=O)N3C[C@H](C)C[C@H](C)C3)c1CC2. The highest BCUT2D eigenvalue weighted by Gasteiger charge is 2.33. The number of hydrogen-bond donors (Lipinski definition) is 0. The summed E-state index contributed by atoms with van der Waals surface area (Å²) in [6.45, 7) is 6.01. The van der Waals surface area contributed by atoms with E-state index in [9.17, 15) is 4.79 Å². The molecular formula is C20H24N2O3. The molecule has 1 aromatic heterocycles. The standard InChI is InChI=1S/C20H24N2O3/c1-12-8-13(2)11-22(10-12)20(23)18-16-7-5-14-4-6-15(24-3)9-17(14)19(16)25-21-18/h4,6,9,12-13H,5,7-8,10-11H2,1-3H3/t12-,13+. The Morgan fingerprint density at radius 3 is 2.72 bits per heavy atom. The van der Waals surface area contributed by atoms with Gasteiger partial charge in [0.1, 0.15) is 5.75 Å². The molecule has 1 aliphatic heterocycles. The molecule has 0 unspecified atom stereocenters. The van der Waals surface area contributed by atoms with Gasteiger partial charge in [-0.05, 0) is 48.8 Å². The molecule has 2 atom stereocenters. The van der Waals surface area contributed by atoms with Gasteiger partial charge in [-0.1, -0.05) is 25.1 Å². The molecule has 0 radical (unpaired) electrons. The summed E-state index contributed by atoms with van der Waals surface area (Å²) in [4.78, 5) is 15.0. The van der Waals surface area contributed by atoms with Crippen LogP contribution in [-0.2, 0) is 12.8 Å². The van der Waals surface area contributed by atoms with Crippen LogP contribution in [0, 0.1) is 11.8 Å². The molecule has 1 saturated heterocycles. The molecule has 0 N–H and O–H groups in total. The Labute approximate surface area is 147 Å². The number of benzene rings is 1. The van der Waals surface area contributed by atoms with Crippen molar-refractivity contribution in [1.82, 2.24) is 10.1 Å². The molecule has 1 amide bonds. The average molecular weight is 340 g/mol. The number of amides is 1. The lowest BCUT2D eigenvalue weighted by Crippen LogP contribution is -2.43. The van der Waals surface area contributed by atoms with Gasteiger partial charge >= 0.3 is 0 Å². The van der Waals surface area contributed by atoms with Crippen LogP contribution in [-0.4, -0.2) is 36.2 Å². The predicted octanol–water partition coefficient (Wildman–Crippen LogP) is 3.57. The monoisotopic (exact) mass is 340 g/mol. The van der Waals surface area contributed by atoms with E-state index in [1.807, 2.05) is 17.0 Å². The Bertz CT molecular complexity index is 801. The third kappa shape index (κ3) is 2.81. The van der Waals surface area contributed by atoms with E-state index in [1.54, 1.807) is 7.11 Å². The lowest BCUT2D eigenvalue weighted by Gasteiger charge is -2.34. The van der Waals surface area contributed by atoms with Gasteiger partial charge in [0.25, 0.3) is 5.91 Å². The molecule has 0 saturated carbocycles. The number of likely N-dealkylation sites (tertiary alicyclic amines) is 1. The van der Waals surface area contributed by atoms with Crippen molar-refractivity contribution in [1.29, 1.82) is 0 Å². The van der Waals surface area contributed by atoms with Gasteiger partial charge in [0.15, 0.2) is 11.5 Å². The molecule has 0 bridgehead atoms. The first-order valence-electron chi connectivity index (χ1n) is 9.02. The zero-order valence-corrected chi connectivity index (χ0v) is 15.0. The van der Waals surface area contributed by atoms with Crippen LogP contribution in [0.4, 0.5) is 0 Å². The van der Waals surface area contributed by atoms with E-state index in [-0.39, 0.29) is 5.91 Å². The van der Waals surface area contributed by atoms with E-state index in [2.05, 4.69) is 25.1 Å². The summed E-state index contributed by atoms with van der Waals surface area (Å²) in [6, 6.07) is 6.00. The summed E-state index contributed by atoms with van der Waals surface area (Å²) < 4.78 is 11.0. The summed E-state index contributed by atoms with van der Waals surface area (Å²) in [6.07, 6.45) is 2.85. The number of methoxy groups -OCH3 is 1. The van der Waals surface area contributed by atoms with Gasteiger partial charge in [-0.15, -0.1) is 0 Å². The van der Waals surface area contributed by atoms with Crippen LogP contribution in [0.5, 0.6) is 5.75 Å². The Balaban J connectivity index is 1.68. The first-order valence-corrected chi connectivity index (χ1v) is 9.02. The third-order valence-corrected chi connectivity index (χ3v) is 5.35. The number of aryl methyl sites for hydroxylation is 1. The first-order chi connectivity index (χ1) is 12.1. The maximum atomic E-state index is 13.0. The van der Waals surface area contributed by atoms with Gasteiger partial charge in [0, 0.05) is 24.2 Å². The summed E-state index contributed by atoms with van der Waals surface area (Å²) in [5.41, 5.74) is 3.64. The zero-order chi connectivity index (χ0) is 17.6. The van der Waals surface area contributed by atoms with E-state index in [4.69, 9.17) is 9.26 Å². The molecule has 2 aromatic rings. The maximum Gasteiger partial charge on any atom is 0.276 e.